The van der Waals surface area contributed by atoms with E-state index in [-0.39, 0.29) is 6.04 Å². The van der Waals surface area contributed by atoms with E-state index in [0.717, 1.165) is 18.8 Å². The Morgan fingerprint density at radius 1 is 1.47 bits per heavy atom. The van der Waals surface area contributed by atoms with E-state index < -0.39 is 0 Å². The fraction of sp³-hybridized carbons (Fsp3) is 0.727. The van der Waals surface area contributed by atoms with Gasteiger partial charge >= 0.3 is 0 Å². The largest absolute Gasteiger partial charge is 0.493 e. The molecule has 2 N–H and O–H groups in total. The van der Waals surface area contributed by atoms with Crippen LogP contribution in [0.15, 0.2) is 6.20 Å². The standard InChI is InChI=1S/C11H22N4O2/c1-14(2)5-6-15-11(9(12)8-16-3)10(17-4)7-13-15/h7,9H,5-6,8,12H2,1-4H3. The molecule has 0 spiro atoms. The Balaban J connectivity index is 2.85. The van der Waals surface area contributed by atoms with Crippen molar-refractivity contribution in [2.45, 2.75) is 12.6 Å². The van der Waals surface area contributed by atoms with Gasteiger partial charge in [0.2, 0.25) is 0 Å². The molecule has 98 valence electrons. The number of nitrogens with zero attached hydrogens (tertiary/aromatic N) is 3. The number of hydrogen-bond acceptors (Lipinski definition) is 5. The quantitative estimate of drug-likeness (QED) is 0.734. The van der Waals surface area contributed by atoms with E-state index >= 15 is 0 Å². The fourth-order valence-electron chi connectivity index (χ4n) is 1.64. The molecule has 1 unspecified atom stereocenters. The maximum absolute atomic E-state index is 6.05. The Morgan fingerprint density at radius 2 is 2.18 bits per heavy atom. The molecular weight excluding hydrogens is 220 g/mol. The number of hydrogen-bond donors (Lipinski definition) is 1. The molecule has 0 saturated heterocycles. The van der Waals surface area contributed by atoms with Crippen LogP contribution in [0.5, 0.6) is 5.75 Å². The number of methoxy groups -OCH3 is 2. The van der Waals surface area contributed by atoms with Gasteiger partial charge in [-0.3, -0.25) is 4.68 Å². The van der Waals surface area contributed by atoms with Crippen molar-refractivity contribution >= 4 is 0 Å². The van der Waals surface area contributed by atoms with Crippen LogP contribution in [0.4, 0.5) is 0 Å². The van der Waals surface area contributed by atoms with Crippen LogP contribution < -0.4 is 10.5 Å². The lowest BCUT2D eigenvalue weighted by molar-refractivity contribution is 0.176. The molecular formula is C11H22N4O2. The minimum Gasteiger partial charge on any atom is -0.493 e. The fourth-order valence-corrected chi connectivity index (χ4v) is 1.64. The zero-order chi connectivity index (χ0) is 12.8. The van der Waals surface area contributed by atoms with Crippen molar-refractivity contribution in [2.75, 3.05) is 41.5 Å². The van der Waals surface area contributed by atoms with Crippen LogP contribution in [0.3, 0.4) is 0 Å². The number of nitrogens with two attached hydrogens (primary N) is 1. The average molecular weight is 242 g/mol. The van der Waals surface area contributed by atoms with Gasteiger partial charge in [-0.05, 0) is 14.1 Å². The molecule has 1 rings (SSSR count). The Kier molecular flexibility index (Phi) is 5.40. The van der Waals surface area contributed by atoms with Gasteiger partial charge in [0.05, 0.1) is 38.2 Å². The van der Waals surface area contributed by atoms with Crippen molar-refractivity contribution in [3.05, 3.63) is 11.9 Å². The summed E-state index contributed by atoms with van der Waals surface area (Å²) >= 11 is 0. The SMILES string of the molecule is COCC(N)c1c(OC)cnn1CCN(C)C. The number of aromatic nitrogens is 2. The molecule has 0 aliphatic rings. The monoisotopic (exact) mass is 242 g/mol. The van der Waals surface area contributed by atoms with Gasteiger partial charge in [0.1, 0.15) is 0 Å². The molecule has 0 fully saturated rings. The topological polar surface area (TPSA) is 65.5 Å². The Morgan fingerprint density at radius 3 is 2.71 bits per heavy atom. The summed E-state index contributed by atoms with van der Waals surface area (Å²) in [5, 5.41) is 4.29. The molecule has 1 heterocycles. The summed E-state index contributed by atoms with van der Waals surface area (Å²) in [5.74, 6) is 0.716. The molecule has 0 saturated carbocycles. The van der Waals surface area contributed by atoms with Crippen LogP contribution in [0.25, 0.3) is 0 Å². The smallest absolute Gasteiger partial charge is 0.161 e. The first-order valence-corrected chi connectivity index (χ1v) is 5.59. The van der Waals surface area contributed by atoms with E-state index in [2.05, 4.69) is 10.00 Å². The molecule has 0 radical (unpaired) electrons. The minimum atomic E-state index is -0.223. The molecule has 1 aromatic rings. The molecule has 6 heteroatoms. The summed E-state index contributed by atoms with van der Waals surface area (Å²) in [5.41, 5.74) is 6.94. The Labute approximate surface area is 102 Å². The molecule has 0 aromatic carbocycles. The maximum Gasteiger partial charge on any atom is 0.161 e. The first-order chi connectivity index (χ1) is 8.10. The van der Waals surface area contributed by atoms with Gasteiger partial charge in [-0.15, -0.1) is 0 Å². The van der Waals surface area contributed by atoms with Crippen LogP contribution >= 0.6 is 0 Å². The summed E-state index contributed by atoms with van der Waals surface area (Å²) in [6, 6.07) is -0.223. The molecule has 1 aromatic heterocycles. The van der Waals surface area contributed by atoms with Gasteiger partial charge in [-0.25, -0.2) is 0 Å². The zero-order valence-corrected chi connectivity index (χ0v) is 11.0. The van der Waals surface area contributed by atoms with Gasteiger partial charge in [-0.2, -0.15) is 5.10 Å². The number of ether oxygens (including phenoxy) is 2. The van der Waals surface area contributed by atoms with Crippen molar-refractivity contribution < 1.29 is 9.47 Å². The predicted molar refractivity (Wildman–Crippen MR) is 66.1 cm³/mol. The summed E-state index contributed by atoms with van der Waals surface area (Å²) in [6.07, 6.45) is 1.69. The van der Waals surface area contributed by atoms with Gasteiger partial charge in [-0.1, -0.05) is 0 Å². The normalized spacial score (nSPS) is 13.1. The van der Waals surface area contributed by atoms with Crippen LogP contribution in [0, 0.1) is 0 Å². The highest BCUT2D eigenvalue weighted by Gasteiger charge is 2.18. The van der Waals surface area contributed by atoms with E-state index in [1.54, 1.807) is 20.4 Å². The Bertz CT molecular complexity index is 338. The van der Waals surface area contributed by atoms with E-state index in [1.807, 2.05) is 18.8 Å². The van der Waals surface area contributed by atoms with E-state index in [1.165, 1.54) is 0 Å². The van der Waals surface area contributed by atoms with Crippen molar-refractivity contribution in [2.24, 2.45) is 5.73 Å². The van der Waals surface area contributed by atoms with Crippen LogP contribution in [0.1, 0.15) is 11.7 Å². The Hall–Kier alpha value is -1.11. The lowest BCUT2D eigenvalue weighted by Crippen LogP contribution is -2.25. The van der Waals surface area contributed by atoms with Crippen LogP contribution in [-0.4, -0.2) is 56.1 Å². The second kappa shape index (κ2) is 6.58. The highest BCUT2D eigenvalue weighted by molar-refractivity contribution is 5.28. The third-order valence-electron chi connectivity index (χ3n) is 2.52. The third-order valence-corrected chi connectivity index (χ3v) is 2.52. The van der Waals surface area contributed by atoms with Crippen molar-refractivity contribution in [1.82, 2.24) is 14.7 Å². The average Bonchev–Trinajstić information content (AvgIpc) is 2.69. The molecule has 17 heavy (non-hydrogen) atoms. The van der Waals surface area contributed by atoms with Gasteiger partial charge in [0.25, 0.3) is 0 Å². The second-order valence-corrected chi connectivity index (χ2v) is 4.19. The summed E-state index contributed by atoms with van der Waals surface area (Å²) in [6.45, 7) is 2.13. The summed E-state index contributed by atoms with van der Waals surface area (Å²) < 4.78 is 12.2. The summed E-state index contributed by atoms with van der Waals surface area (Å²) in [4.78, 5) is 2.10. The molecule has 6 nitrogen and oxygen atoms in total. The van der Waals surface area contributed by atoms with Gasteiger partial charge in [0, 0.05) is 13.7 Å². The first kappa shape index (κ1) is 14.0. The first-order valence-electron chi connectivity index (χ1n) is 5.59. The van der Waals surface area contributed by atoms with E-state index in [0.29, 0.717) is 12.4 Å². The molecule has 0 amide bonds. The zero-order valence-electron chi connectivity index (χ0n) is 11.0. The maximum atomic E-state index is 6.05. The minimum absolute atomic E-state index is 0.223. The predicted octanol–water partition coefficient (Wildman–Crippen LogP) is 0.0995. The lowest BCUT2D eigenvalue weighted by atomic mass is 10.2. The number of rotatable bonds is 7. The number of likely N-dealkylation sites (N-methyl/N-ethyl adjacent to an activating group) is 1. The van der Waals surface area contributed by atoms with E-state index in [9.17, 15) is 0 Å². The third kappa shape index (κ3) is 3.69. The summed E-state index contributed by atoms with van der Waals surface area (Å²) in [7, 11) is 7.30. The molecule has 0 aliphatic carbocycles. The van der Waals surface area contributed by atoms with Crippen LogP contribution in [0.2, 0.25) is 0 Å². The highest BCUT2D eigenvalue weighted by atomic mass is 16.5. The van der Waals surface area contributed by atoms with Gasteiger partial charge < -0.3 is 20.1 Å². The highest BCUT2D eigenvalue weighted by Crippen LogP contribution is 2.23. The van der Waals surface area contributed by atoms with Crippen molar-refractivity contribution in [1.29, 1.82) is 0 Å². The molecule has 0 bridgehead atoms. The lowest BCUT2D eigenvalue weighted by Gasteiger charge is -2.16. The van der Waals surface area contributed by atoms with E-state index in [4.69, 9.17) is 15.2 Å². The van der Waals surface area contributed by atoms with Crippen molar-refractivity contribution in [3.63, 3.8) is 0 Å². The van der Waals surface area contributed by atoms with Crippen LogP contribution in [-0.2, 0) is 11.3 Å². The van der Waals surface area contributed by atoms with Crippen molar-refractivity contribution in [3.8, 4) is 5.75 Å². The second-order valence-electron chi connectivity index (χ2n) is 4.19. The molecule has 0 aliphatic heterocycles. The molecule has 1 atom stereocenters. The van der Waals surface area contributed by atoms with Gasteiger partial charge in [0.15, 0.2) is 5.75 Å².